The van der Waals surface area contributed by atoms with Crippen molar-refractivity contribution in [1.29, 1.82) is 0 Å². The number of aryl methyl sites for hydroxylation is 2. The highest BCUT2D eigenvalue weighted by atomic mass is 32.1. The van der Waals surface area contributed by atoms with E-state index in [0.717, 1.165) is 31.9 Å². The van der Waals surface area contributed by atoms with Crippen molar-refractivity contribution in [3.05, 3.63) is 40.1 Å². The molecule has 7 nitrogen and oxygen atoms in total. The maximum Gasteiger partial charge on any atom is 0.223 e. The zero-order valence-electron chi connectivity index (χ0n) is 17.7. The number of hydrogen-bond acceptors (Lipinski definition) is 6. The summed E-state index contributed by atoms with van der Waals surface area (Å²) in [6, 6.07) is 2.09. The Morgan fingerprint density at radius 2 is 2.27 bits per heavy atom. The van der Waals surface area contributed by atoms with E-state index in [2.05, 4.69) is 31.3 Å². The SMILES string of the molecule is Cc1ncc(CN2C[C@H]3O[C@]4(C2)CN(C(=O)CCc2ccsc2)C[C@@H]4[C@@H]3CO)n1C. The summed E-state index contributed by atoms with van der Waals surface area (Å²) in [5, 5.41) is 14.3. The van der Waals surface area contributed by atoms with Gasteiger partial charge in [0.05, 0.1) is 18.3 Å². The van der Waals surface area contributed by atoms with Gasteiger partial charge in [-0.2, -0.15) is 11.3 Å². The fourth-order valence-electron chi connectivity index (χ4n) is 5.61. The summed E-state index contributed by atoms with van der Waals surface area (Å²) in [6.45, 7) is 5.89. The molecule has 0 saturated carbocycles. The highest BCUT2D eigenvalue weighted by Crippen LogP contribution is 2.49. The number of carbonyl (C=O) groups is 1. The Morgan fingerprint density at radius 1 is 1.40 bits per heavy atom. The minimum atomic E-state index is -0.359. The first-order chi connectivity index (χ1) is 14.5. The maximum absolute atomic E-state index is 12.9. The Labute approximate surface area is 181 Å². The van der Waals surface area contributed by atoms with Crippen molar-refractivity contribution in [3.63, 3.8) is 0 Å². The second-order valence-electron chi connectivity index (χ2n) is 9.11. The van der Waals surface area contributed by atoms with E-state index in [1.807, 2.05) is 25.1 Å². The molecule has 3 aliphatic rings. The van der Waals surface area contributed by atoms with Crippen LogP contribution in [0, 0.1) is 18.8 Å². The molecule has 3 fully saturated rings. The number of aliphatic hydroxyl groups is 1. The number of aromatic nitrogens is 2. The summed E-state index contributed by atoms with van der Waals surface area (Å²) in [5.74, 6) is 1.50. The number of imidazole rings is 1. The molecular weight excluding hydrogens is 400 g/mol. The van der Waals surface area contributed by atoms with Gasteiger partial charge in [0.2, 0.25) is 5.91 Å². The molecule has 1 amide bonds. The van der Waals surface area contributed by atoms with Gasteiger partial charge in [-0.1, -0.05) is 0 Å². The molecule has 5 rings (SSSR count). The average Bonchev–Trinajstić information content (AvgIpc) is 3.47. The summed E-state index contributed by atoms with van der Waals surface area (Å²) >= 11 is 1.67. The molecule has 1 N–H and O–H groups in total. The largest absolute Gasteiger partial charge is 0.396 e. The topological polar surface area (TPSA) is 70.8 Å². The Hall–Kier alpha value is -1.74. The molecule has 2 bridgehead atoms. The van der Waals surface area contributed by atoms with Crippen molar-refractivity contribution < 1.29 is 14.6 Å². The van der Waals surface area contributed by atoms with Crippen molar-refractivity contribution in [3.8, 4) is 0 Å². The normalized spacial score (nSPS) is 30.8. The average molecular weight is 431 g/mol. The van der Waals surface area contributed by atoms with E-state index in [1.54, 1.807) is 11.3 Å². The Morgan fingerprint density at radius 3 is 2.97 bits per heavy atom. The molecule has 4 atom stereocenters. The van der Waals surface area contributed by atoms with Crippen molar-refractivity contribution in [1.82, 2.24) is 19.4 Å². The molecule has 30 heavy (non-hydrogen) atoms. The predicted octanol–water partition coefficient (Wildman–Crippen LogP) is 1.44. The van der Waals surface area contributed by atoms with Crippen LogP contribution >= 0.6 is 11.3 Å². The van der Waals surface area contributed by atoms with Gasteiger partial charge in [0.15, 0.2) is 0 Å². The maximum atomic E-state index is 12.9. The van der Waals surface area contributed by atoms with Crippen LogP contribution in [-0.4, -0.2) is 74.9 Å². The van der Waals surface area contributed by atoms with E-state index in [-0.39, 0.29) is 36.1 Å². The van der Waals surface area contributed by atoms with Crippen LogP contribution in [0.5, 0.6) is 0 Å². The third-order valence-corrected chi connectivity index (χ3v) is 8.07. The fourth-order valence-corrected chi connectivity index (χ4v) is 6.31. The van der Waals surface area contributed by atoms with E-state index in [4.69, 9.17) is 4.74 Å². The monoisotopic (exact) mass is 430 g/mol. The molecule has 3 aliphatic heterocycles. The summed E-state index contributed by atoms with van der Waals surface area (Å²) in [5.41, 5.74) is 2.05. The molecule has 2 aromatic rings. The van der Waals surface area contributed by atoms with Crippen LogP contribution in [0.3, 0.4) is 0 Å². The van der Waals surface area contributed by atoms with Crippen LogP contribution in [0.15, 0.2) is 23.0 Å². The van der Waals surface area contributed by atoms with Gasteiger partial charge in [-0.05, 0) is 35.7 Å². The Kier molecular flexibility index (Phi) is 5.21. The second-order valence-corrected chi connectivity index (χ2v) is 9.89. The first-order valence-corrected chi connectivity index (χ1v) is 11.7. The molecule has 0 radical (unpaired) electrons. The van der Waals surface area contributed by atoms with Crippen molar-refractivity contribution >= 4 is 17.2 Å². The van der Waals surface area contributed by atoms with E-state index in [9.17, 15) is 9.90 Å². The molecular formula is C22H30N4O3S. The third-order valence-electron chi connectivity index (χ3n) is 7.33. The van der Waals surface area contributed by atoms with Crippen LogP contribution in [0.4, 0.5) is 0 Å². The first-order valence-electron chi connectivity index (χ1n) is 10.8. The molecule has 5 heterocycles. The summed E-state index contributed by atoms with van der Waals surface area (Å²) in [7, 11) is 2.05. The Bertz CT molecular complexity index is 914. The lowest BCUT2D eigenvalue weighted by Crippen LogP contribution is -2.54. The number of morpholine rings is 1. The predicted molar refractivity (Wildman–Crippen MR) is 114 cm³/mol. The number of nitrogens with zero attached hydrogens (tertiary/aromatic N) is 4. The van der Waals surface area contributed by atoms with Crippen LogP contribution < -0.4 is 0 Å². The van der Waals surface area contributed by atoms with E-state index in [0.29, 0.717) is 19.5 Å². The van der Waals surface area contributed by atoms with Gasteiger partial charge in [-0.3, -0.25) is 9.69 Å². The number of hydrogen-bond donors (Lipinski definition) is 1. The Balaban J connectivity index is 1.29. The van der Waals surface area contributed by atoms with Crippen molar-refractivity contribution in [2.75, 3.05) is 32.8 Å². The minimum absolute atomic E-state index is 0.0335. The van der Waals surface area contributed by atoms with Crippen LogP contribution in [-0.2, 0) is 29.5 Å². The molecule has 1 spiro atoms. The molecule has 162 valence electrons. The standard InChI is InChI=1S/C22H30N4O3S/c1-15-23-7-17(24(15)2)8-25-10-20-18(11-27)19-9-26(14-22(19,13-25)29-20)21(28)4-3-16-5-6-30-12-16/h5-7,12,18-20,27H,3-4,8-11,13-14H2,1-2H3/t18-,19+,20+,22+/m0/s1. The van der Waals surface area contributed by atoms with Crippen molar-refractivity contribution in [2.24, 2.45) is 18.9 Å². The molecule has 8 heteroatoms. The lowest BCUT2D eigenvalue weighted by atomic mass is 9.83. The second kappa shape index (κ2) is 7.75. The smallest absolute Gasteiger partial charge is 0.223 e. The highest BCUT2D eigenvalue weighted by Gasteiger charge is 2.62. The number of aliphatic hydroxyl groups excluding tert-OH is 1. The zero-order valence-corrected chi connectivity index (χ0v) is 18.5. The van der Waals surface area contributed by atoms with E-state index in [1.165, 1.54) is 11.3 Å². The lowest BCUT2D eigenvalue weighted by molar-refractivity contribution is -0.139. The highest BCUT2D eigenvalue weighted by molar-refractivity contribution is 7.07. The van der Waals surface area contributed by atoms with Gasteiger partial charge >= 0.3 is 0 Å². The van der Waals surface area contributed by atoms with Gasteiger partial charge in [0.1, 0.15) is 11.4 Å². The number of carbonyl (C=O) groups excluding carboxylic acids is 1. The van der Waals surface area contributed by atoms with Crippen LogP contribution in [0.1, 0.15) is 23.5 Å². The van der Waals surface area contributed by atoms with Gasteiger partial charge in [-0.25, -0.2) is 4.98 Å². The van der Waals surface area contributed by atoms with E-state index >= 15 is 0 Å². The first kappa shape index (κ1) is 20.2. The van der Waals surface area contributed by atoms with Gasteiger partial charge in [0.25, 0.3) is 0 Å². The summed E-state index contributed by atoms with van der Waals surface area (Å²) in [4.78, 5) is 21.8. The number of rotatable bonds is 6. The fraction of sp³-hybridized carbons (Fsp3) is 0.636. The number of thiophene rings is 1. The number of ether oxygens (including phenoxy) is 1. The third kappa shape index (κ3) is 3.39. The lowest BCUT2D eigenvalue weighted by Gasteiger charge is -2.40. The molecule has 3 saturated heterocycles. The van der Waals surface area contributed by atoms with Crippen LogP contribution in [0.2, 0.25) is 0 Å². The molecule has 2 aromatic heterocycles. The zero-order chi connectivity index (χ0) is 20.9. The van der Waals surface area contributed by atoms with E-state index < -0.39 is 0 Å². The quantitative estimate of drug-likeness (QED) is 0.751. The molecule has 0 aromatic carbocycles. The van der Waals surface area contributed by atoms with Crippen LogP contribution in [0.25, 0.3) is 0 Å². The van der Waals surface area contributed by atoms with Gasteiger partial charge < -0.3 is 19.3 Å². The number of likely N-dealkylation sites (tertiary alicyclic amines) is 2. The number of amides is 1. The number of fused-ring (bicyclic) bond motifs is 1. The molecule has 0 unspecified atom stereocenters. The summed E-state index contributed by atoms with van der Waals surface area (Å²) in [6.07, 6.45) is 3.30. The van der Waals surface area contributed by atoms with Crippen molar-refractivity contribution in [2.45, 2.75) is 38.0 Å². The molecule has 0 aliphatic carbocycles. The van der Waals surface area contributed by atoms with Gasteiger partial charge in [0, 0.05) is 64.3 Å². The minimum Gasteiger partial charge on any atom is -0.396 e. The summed E-state index contributed by atoms with van der Waals surface area (Å²) < 4.78 is 8.66. The van der Waals surface area contributed by atoms with Gasteiger partial charge in [-0.15, -0.1) is 0 Å².